The van der Waals surface area contributed by atoms with Crippen molar-refractivity contribution in [1.29, 1.82) is 0 Å². The molecule has 12 heteroatoms. The Morgan fingerprint density at radius 2 is 2.06 bits per heavy atom. The quantitative estimate of drug-likeness (QED) is 0.428. The van der Waals surface area contributed by atoms with Crippen molar-refractivity contribution in [3.05, 3.63) is 53.3 Å². The Labute approximate surface area is 211 Å². The van der Waals surface area contributed by atoms with E-state index in [1.165, 1.54) is 24.4 Å². The summed E-state index contributed by atoms with van der Waals surface area (Å²) in [5.41, 5.74) is 0.845. The Morgan fingerprint density at radius 3 is 2.75 bits per heavy atom. The van der Waals surface area contributed by atoms with Gasteiger partial charge in [0.2, 0.25) is 5.91 Å². The molecule has 1 amide bonds. The molecule has 8 nitrogen and oxygen atoms in total. The number of ether oxygens (including phenoxy) is 2. The molecule has 1 saturated heterocycles. The summed E-state index contributed by atoms with van der Waals surface area (Å²) < 4.78 is 48.2. The molecule has 3 N–H and O–H groups in total. The van der Waals surface area contributed by atoms with Gasteiger partial charge in [0.05, 0.1) is 10.9 Å². The molecule has 0 radical (unpaired) electrons. The molecule has 0 spiro atoms. The molecule has 1 aromatic heterocycles. The molecule has 2 heterocycles. The van der Waals surface area contributed by atoms with E-state index in [0.717, 1.165) is 11.6 Å². The molecule has 0 bridgehead atoms. The molecule has 1 fully saturated rings. The van der Waals surface area contributed by atoms with E-state index in [9.17, 15) is 18.0 Å². The Bertz CT molecular complexity index is 1050. The van der Waals surface area contributed by atoms with Crippen LogP contribution in [0.1, 0.15) is 24.8 Å². The van der Waals surface area contributed by atoms with Crippen LogP contribution >= 0.6 is 11.6 Å². The monoisotopic (exact) mass is 528 g/mol. The van der Waals surface area contributed by atoms with Crippen molar-refractivity contribution >= 4 is 23.3 Å². The van der Waals surface area contributed by atoms with E-state index in [1.807, 2.05) is 0 Å². The fourth-order valence-electron chi connectivity index (χ4n) is 4.02. The molecule has 1 aliphatic rings. The van der Waals surface area contributed by atoms with E-state index in [-0.39, 0.29) is 24.2 Å². The van der Waals surface area contributed by atoms with Crippen LogP contribution in [0.3, 0.4) is 0 Å². The zero-order chi connectivity index (χ0) is 26.1. The molecule has 3 atom stereocenters. The molecule has 36 heavy (non-hydrogen) atoms. The third kappa shape index (κ3) is 8.27. The first kappa shape index (κ1) is 27.5. The van der Waals surface area contributed by atoms with Crippen LogP contribution < -0.4 is 20.1 Å². The minimum atomic E-state index is -4.83. The number of nitrogens with zero attached hydrogens (tertiary/aromatic N) is 2. The van der Waals surface area contributed by atoms with E-state index < -0.39 is 24.3 Å². The summed E-state index contributed by atoms with van der Waals surface area (Å²) in [7, 11) is 1.55. The Morgan fingerprint density at radius 1 is 1.28 bits per heavy atom. The predicted octanol–water partition coefficient (Wildman–Crippen LogP) is 3.72. The van der Waals surface area contributed by atoms with Crippen molar-refractivity contribution < 1.29 is 32.5 Å². The second-order valence-electron chi connectivity index (χ2n) is 8.29. The lowest BCUT2D eigenvalue weighted by Gasteiger charge is -2.28. The maximum atomic E-state index is 12.8. The number of benzene rings is 1. The number of carbonyl (C=O) groups is 1. The standard InChI is InChI=1S/C24H28ClF3N4O4/c1-29-21-20(22(34)31-8-3-9-33)7-6-16(10-15-11-17(25)14-30-13-15)23(32-21)35-18-4-2-5-19(12-18)36-24(26,27)28/h2,4-5,11-14,16,20,23,33H,3,6-10H2,1H3,(H,29,32)(H,31,34). The molecular weight excluding hydrogens is 501 g/mol. The largest absolute Gasteiger partial charge is 0.573 e. The number of hydrogen-bond donors (Lipinski definition) is 3. The topological polar surface area (TPSA) is 105 Å². The first-order chi connectivity index (χ1) is 17.2. The second-order valence-corrected chi connectivity index (χ2v) is 8.72. The highest BCUT2D eigenvalue weighted by Crippen LogP contribution is 2.30. The van der Waals surface area contributed by atoms with E-state index in [2.05, 4.69) is 25.3 Å². The summed E-state index contributed by atoms with van der Waals surface area (Å²) in [4.78, 5) is 21.2. The molecule has 0 aliphatic carbocycles. The zero-order valence-electron chi connectivity index (χ0n) is 19.6. The number of pyridine rings is 1. The summed E-state index contributed by atoms with van der Waals surface area (Å²) in [5.74, 6) is -0.872. The second kappa shape index (κ2) is 12.8. The van der Waals surface area contributed by atoms with Crippen LogP contribution in [0.5, 0.6) is 11.5 Å². The van der Waals surface area contributed by atoms with Crippen molar-refractivity contribution in [3.8, 4) is 11.5 Å². The molecule has 3 unspecified atom stereocenters. The SMILES string of the molecule is CN=C1NC(Oc2cccc(OC(F)(F)F)c2)C(Cc2cncc(Cl)c2)CCC1C(=O)NCCCO. The Hall–Kier alpha value is -3.05. The average Bonchev–Trinajstić information content (AvgIpc) is 2.97. The molecule has 1 aliphatic heterocycles. The Kier molecular flexibility index (Phi) is 9.77. The number of aromatic nitrogens is 1. The van der Waals surface area contributed by atoms with Crippen LogP contribution in [0.2, 0.25) is 5.02 Å². The molecule has 3 rings (SSSR count). The number of amidine groups is 1. The number of aliphatic hydroxyl groups is 1. The zero-order valence-corrected chi connectivity index (χ0v) is 20.4. The van der Waals surface area contributed by atoms with Gasteiger partial charge in [0.25, 0.3) is 0 Å². The third-order valence-corrected chi connectivity index (χ3v) is 5.83. The first-order valence-corrected chi connectivity index (χ1v) is 11.8. The van der Waals surface area contributed by atoms with Crippen LogP contribution in [0.25, 0.3) is 0 Å². The average molecular weight is 529 g/mol. The van der Waals surface area contributed by atoms with E-state index in [0.29, 0.717) is 43.1 Å². The lowest BCUT2D eigenvalue weighted by molar-refractivity contribution is -0.274. The van der Waals surface area contributed by atoms with Crippen LogP contribution in [-0.2, 0) is 11.2 Å². The van der Waals surface area contributed by atoms with Gasteiger partial charge < -0.3 is 25.2 Å². The molecule has 196 valence electrons. The fourth-order valence-corrected chi connectivity index (χ4v) is 4.22. The normalized spacial score (nSPS) is 21.4. The molecule has 1 aromatic carbocycles. The first-order valence-electron chi connectivity index (χ1n) is 11.4. The van der Waals surface area contributed by atoms with Gasteiger partial charge in [-0.15, -0.1) is 13.2 Å². The highest BCUT2D eigenvalue weighted by atomic mass is 35.5. The van der Waals surface area contributed by atoms with Crippen molar-refractivity contribution in [2.75, 3.05) is 20.2 Å². The van der Waals surface area contributed by atoms with Crippen molar-refractivity contribution in [1.82, 2.24) is 15.6 Å². The lowest BCUT2D eigenvalue weighted by Crippen LogP contribution is -2.47. The summed E-state index contributed by atoms with van der Waals surface area (Å²) in [6, 6.07) is 7.04. The molecule has 0 saturated carbocycles. The van der Waals surface area contributed by atoms with Gasteiger partial charge in [0, 0.05) is 44.6 Å². The van der Waals surface area contributed by atoms with Crippen LogP contribution in [0.15, 0.2) is 47.7 Å². The lowest BCUT2D eigenvalue weighted by atomic mass is 9.91. The van der Waals surface area contributed by atoms with E-state index in [4.69, 9.17) is 21.4 Å². The minimum absolute atomic E-state index is 0.0410. The van der Waals surface area contributed by atoms with Gasteiger partial charge in [-0.3, -0.25) is 14.8 Å². The van der Waals surface area contributed by atoms with E-state index >= 15 is 0 Å². The van der Waals surface area contributed by atoms with Crippen LogP contribution in [0.4, 0.5) is 13.2 Å². The van der Waals surface area contributed by atoms with Gasteiger partial charge in [-0.2, -0.15) is 0 Å². The number of rotatable bonds is 9. The van der Waals surface area contributed by atoms with Crippen molar-refractivity contribution in [3.63, 3.8) is 0 Å². The van der Waals surface area contributed by atoms with Crippen molar-refractivity contribution in [2.24, 2.45) is 16.8 Å². The Balaban J connectivity index is 1.85. The number of nitrogens with one attached hydrogen (secondary N) is 2. The van der Waals surface area contributed by atoms with Gasteiger partial charge in [0.15, 0.2) is 6.23 Å². The molecular formula is C24H28ClF3N4O4. The summed E-state index contributed by atoms with van der Waals surface area (Å²) >= 11 is 6.10. The fraction of sp³-hybridized carbons (Fsp3) is 0.458. The van der Waals surface area contributed by atoms with Crippen LogP contribution in [0, 0.1) is 11.8 Å². The van der Waals surface area contributed by atoms with Crippen molar-refractivity contribution in [2.45, 2.75) is 38.3 Å². The van der Waals surface area contributed by atoms with Gasteiger partial charge in [-0.05, 0) is 49.4 Å². The summed E-state index contributed by atoms with van der Waals surface area (Å²) in [6.07, 6.45) is -0.444. The number of alkyl halides is 3. The third-order valence-electron chi connectivity index (χ3n) is 5.63. The summed E-state index contributed by atoms with van der Waals surface area (Å²) in [5, 5.41) is 15.5. The van der Waals surface area contributed by atoms with Crippen LogP contribution in [-0.4, -0.2) is 54.6 Å². The smallest absolute Gasteiger partial charge is 0.470 e. The number of aliphatic imine (C=N–C) groups is 1. The maximum absolute atomic E-state index is 12.8. The van der Waals surface area contributed by atoms with Gasteiger partial charge >= 0.3 is 6.36 Å². The predicted molar refractivity (Wildman–Crippen MR) is 128 cm³/mol. The number of carbonyl (C=O) groups excluding carboxylic acids is 1. The maximum Gasteiger partial charge on any atom is 0.573 e. The van der Waals surface area contributed by atoms with E-state index in [1.54, 1.807) is 19.3 Å². The highest BCUT2D eigenvalue weighted by molar-refractivity contribution is 6.30. The van der Waals surface area contributed by atoms with Gasteiger partial charge in [0.1, 0.15) is 17.3 Å². The van der Waals surface area contributed by atoms with Gasteiger partial charge in [-0.1, -0.05) is 17.7 Å². The number of aliphatic hydroxyl groups excluding tert-OH is 1. The number of halogens is 4. The number of hydrogen-bond acceptors (Lipinski definition) is 6. The summed E-state index contributed by atoms with van der Waals surface area (Å²) in [6.45, 7) is 0.285. The molecule has 2 aromatic rings. The minimum Gasteiger partial charge on any atom is -0.470 e. The number of amides is 1. The highest BCUT2D eigenvalue weighted by Gasteiger charge is 2.36. The van der Waals surface area contributed by atoms with Gasteiger partial charge in [-0.25, -0.2) is 0 Å².